The van der Waals surface area contributed by atoms with Crippen molar-refractivity contribution in [2.75, 3.05) is 14.2 Å². The molecule has 1 N–H and O–H groups in total. The number of ether oxygens (including phenoxy) is 2. The number of nitro groups is 1. The number of hydrogen-bond acceptors (Lipinski definition) is 10. The molecule has 1 aliphatic heterocycles. The first kappa shape index (κ1) is 19.8. The van der Waals surface area contributed by atoms with Crippen molar-refractivity contribution in [2.45, 2.75) is 0 Å². The zero-order chi connectivity index (χ0) is 20.0. The summed E-state index contributed by atoms with van der Waals surface area (Å²) >= 11 is 0.857. The summed E-state index contributed by atoms with van der Waals surface area (Å²) in [6.07, 6.45) is 2.11. The molecule has 11 nitrogen and oxygen atoms in total. The Bertz CT molecular complexity index is 907. The Morgan fingerprint density at radius 1 is 1.30 bits per heavy atom. The summed E-state index contributed by atoms with van der Waals surface area (Å²) in [6.45, 7) is 0. The Labute approximate surface area is 156 Å². The van der Waals surface area contributed by atoms with E-state index in [4.69, 9.17) is 0 Å². The molecule has 1 aromatic carbocycles. The molecule has 2 rings (SSSR count). The fourth-order valence-corrected chi connectivity index (χ4v) is 2.67. The van der Waals surface area contributed by atoms with Crippen LogP contribution in [0.3, 0.4) is 0 Å². The van der Waals surface area contributed by atoms with Gasteiger partial charge in [0.05, 0.1) is 30.3 Å². The first-order chi connectivity index (χ1) is 12.9. The lowest BCUT2D eigenvalue weighted by Crippen LogP contribution is -2.19. The Hall–Kier alpha value is -3.54. The Morgan fingerprint density at radius 3 is 2.67 bits per heavy atom. The highest BCUT2D eigenvalue weighted by atomic mass is 32.2. The minimum atomic E-state index is -0.900. The first-order valence-electron chi connectivity index (χ1n) is 7.13. The van der Waals surface area contributed by atoms with Crippen molar-refractivity contribution in [3.05, 3.63) is 50.4 Å². The van der Waals surface area contributed by atoms with E-state index in [2.05, 4.69) is 25.0 Å². The summed E-state index contributed by atoms with van der Waals surface area (Å²) in [5.74, 6) is -2.15. The molecule has 1 saturated heterocycles. The minimum Gasteiger partial charge on any atom is -0.466 e. The largest absolute Gasteiger partial charge is 0.466 e. The molecule has 0 aliphatic carbocycles. The molecule has 0 saturated carbocycles. The number of esters is 2. The molecule has 1 aliphatic rings. The number of amides is 1. The van der Waals surface area contributed by atoms with E-state index in [1.54, 1.807) is 0 Å². The fraction of sp³-hybridized carbons (Fsp3) is 0.133. The van der Waals surface area contributed by atoms with E-state index in [1.165, 1.54) is 19.2 Å². The van der Waals surface area contributed by atoms with Crippen LogP contribution in [0.4, 0.5) is 5.69 Å². The van der Waals surface area contributed by atoms with Crippen molar-refractivity contribution in [3.8, 4) is 0 Å². The number of amidine groups is 1. The predicted molar refractivity (Wildman–Crippen MR) is 95.3 cm³/mol. The quantitative estimate of drug-likeness (QED) is 0.256. The number of methoxy groups -OCH3 is 2. The highest BCUT2D eigenvalue weighted by Crippen LogP contribution is 2.24. The zero-order valence-electron chi connectivity index (χ0n) is 14.0. The molecular weight excluding hydrogens is 380 g/mol. The molecule has 0 radical (unpaired) electrons. The second-order valence-electron chi connectivity index (χ2n) is 4.73. The van der Waals surface area contributed by atoms with Crippen LogP contribution in [0.15, 0.2) is 39.4 Å². The second-order valence-corrected chi connectivity index (χ2v) is 5.76. The third-order valence-corrected chi connectivity index (χ3v) is 4.01. The van der Waals surface area contributed by atoms with Crippen LogP contribution in [-0.2, 0) is 19.1 Å². The summed E-state index contributed by atoms with van der Waals surface area (Å²) < 4.78 is 9.00. The molecular formula is C15H12N4O7S. The molecule has 27 heavy (non-hydrogen) atoms. The van der Waals surface area contributed by atoms with Crippen LogP contribution in [0.1, 0.15) is 15.9 Å². The van der Waals surface area contributed by atoms with Gasteiger partial charge >= 0.3 is 11.9 Å². The number of nitrogens with zero attached hydrogens (tertiary/aromatic N) is 3. The van der Waals surface area contributed by atoms with Crippen molar-refractivity contribution in [1.29, 1.82) is 0 Å². The monoisotopic (exact) mass is 392 g/mol. The van der Waals surface area contributed by atoms with E-state index in [1.807, 2.05) is 0 Å². The van der Waals surface area contributed by atoms with Crippen LogP contribution in [0.2, 0.25) is 0 Å². The minimum absolute atomic E-state index is 0.0707. The topological polar surface area (TPSA) is 150 Å². The molecule has 0 spiro atoms. The molecule has 1 fully saturated rings. The lowest BCUT2D eigenvalue weighted by Gasteiger charge is -2.04. The van der Waals surface area contributed by atoms with Gasteiger partial charge in [-0.15, -0.1) is 5.10 Å². The van der Waals surface area contributed by atoms with Crippen molar-refractivity contribution in [2.24, 2.45) is 10.2 Å². The predicted octanol–water partition coefficient (Wildman–Crippen LogP) is 0.991. The van der Waals surface area contributed by atoms with E-state index in [-0.39, 0.29) is 21.2 Å². The molecule has 0 aromatic heterocycles. The van der Waals surface area contributed by atoms with Crippen LogP contribution >= 0.6 is 11.8 Å². The molecule has 1 aromatic rings. The normalized spacial score (nSPS) is 16.6. The summed E-state index contributed by atoms with van der Waals surface area (Å²) in [5, 5.41) is 21.0. The number of carbonyl (C=O) groups excluding carboxylic acids is 3. The summed E-state index contributed by atoms with van der Waals surface area (Å²) in [4.78, 5) is 45.2. The maximum Gasteiger partial charge on any atom is 0.345 e. The molecule has 0 unspecified atom stereocenters. The number of nitrogens with one attached hydrogen (secondary N) is 1. The number of thioether (sulfide) groups is 1. The van der Waals surface area contributed by atoms with Crippen molar-refractivity contribution >= 4 is 46.7 Å². The lowest BCUT2D eigenvalue weighted by atomic mass is 10.1. The van der Waals surface area contributed by atoms with Gasteiger partial charge in [0, 0.05) is 17.7 Å². The van der Waals surface area contributed by atoms with Gasteiger partial charge in [-0.1, -0.05) is 12.1 Å². The second kappa shape index (κ2) is 8.71. The summed E-state index contributed by atoms with van der Waals surface area (Å²) in [6, 6.07) is 3.96. The van der Waals surface area contributed by atoms with E-state index < -0.39 is 28.5 Å². The third-order valence-electron chi connectivity index (χ3n) is 3.11. The molecule has 12 heteroatoms. The maximum absolute atomic E-state index is 11.9. The van der Waals surface area contributed by atoms with Crippen LogP contribution in [-0.4, -0.2) is 48.4 Å². The zero-order valence-corrected chi connectivity index (χ0v) is 14.8. The number of rotatable bonds is 5. The van der Waals surface area contributed by atoms with Gasteiger partial charge in [-0.2, -0.15) is 5.10 Å². The van der Waals surface area contributed by atoms with E-state index >= 15 is 0 Å². The Balaban J connectivity index is 2.28. The SMILES string of the molecule is COC(=O)/C=C1/S/C(=N\N=Cc2cccc([N+](=O)[O-])c2C(=O)OC)NC1=O. The average Bonchev–Trinajstić information content (AvgIpc) is 2.99. The van der Waals surface area contributed by atoms with Crippen LogP contribution < -0.4 is 5.32 Å². The van der Waals surface area contributed by atoms with Crippen LogP contribution in [0.5, 0.6) is 0 Å². The van der Waals surface area contributed by atoms with Gasteiger partial charge in [0.15, 0.2) is 5.17 Å². The average molecular weight is 392 g/mol. The Morgan fingerprint density at radius 2 is 2.04 bits per heavy atom. The van der Waals surface area contributed by atoms with Gasteiger partial charge in [-0.05, 0) is 11.8 Å². The van der Waals surface area contributed by atoms with Gasteiger partial charge in [0.2, 0.25) is 0 Å². The number of nitro benzene ring substituents is 1. The smallest absolute Gasteiger partial charge is 0.345 e. The van der Waals surface area contributed by atoms with E-state index in [9.17, 15) is 24.5 Å². The highest BCUT2D eigenvalue weighted by Gasteiger charge is 2.26. The first-order valence-corrected chi connectivity index (χ1v) is 7.94. The van der Waals surface area contributed by atoms with Gasteiger partial charge in [-0.25, -0.2) is 9.59 Å². The molecule has 0 atom stereocenters. The van der Waals surface area contributed by atoms with Crippen LogP contribution in [0, 0.1) is 10.1 Å². The van der Waals surface area contributed by atoms with Gasteiger partial charge in [0.1, 0.15) is 5.56 Å². The molecule has 0 bridgehead atoms. The van der Waals surface area contributed by atoms with E-state index in [0.717, 1.165) is 37.2 Å². The molecule has 1 heterocycles. The van der Waals surface area contributed by atoms with Gasteiger partial charge < -0.3 is 9.47 Å². The van der Waals surface area contributed by atoms with Crippen LogP contribution in [0.25, 0.3) is 0 Å². The summed E-state index contributed by atoms with van der Waals surface area (Å²) in [5.41, 5.74) is -0.603. The molecule has 140 valence electrons. The maximum atomic E-state index is 11.9. The standard InChI is InChI=1S/C15H12N4O7S/c1-25-11(20)6-10-13(21)17-15(27-10)18-16-7-8-4-3-5-9(19(23)24)12(8)14(22)26-2/h3-7H,1-2H3,(H,17,18,21)/b10-6+,16-7?. The number of carbonyl (C=O) groups is 3. The Kier molecular flexibility index (Phi) is 6.38. The van der Waals surface area contributed by atoms with Crippen molar-refractivity contribution < 1.29 is 28.8 Å². The summed E-state index contributed by atoms with van der Waals surface area (Å²) in [7, 11) is 2.27. The van der Waals surface area contributed by atoms with Crippen molar-refractivity contribution in [3.63, 3.8) is 0 Å². The highest BCUT2D eigenvalue weighted by molar-refractivity contribution is 8.18. The number of benzene rings is 1. The van der Waals surface area contributed by atoms with E-state index in [0.29, 0.717) is 0 Å². The third kappa shape index (κ3) is 4.76. The fourth-order valence-electron chi connectivity index (χ4n) is 1.93. The van der Waals surface area contributed by atoms with Gasteiger partial charge in [-0.3, -0.25) is 20.2 Å². The van der Waals surface area contributed by atoms with Crippen molar-refractivity contribution in [1.82, 2.24) is 5.32 Å². The lowest BCUT2D eigenvalue weighted by molar-refractivity contribution is -0.385. The van der Waals surface area contributed by atoms with Gasteiger partial charge in [0.25, 0.3) is 11.6 Å². The molecule has 1 amide bonds. The number of hydrogen-bond donors (Lipinski definition) is 1.